The minimum absolute atomic E-state index is 0.242. The number of methoxy groups -OCH3 is 1. The smallest absolute Gasteiger partial charge is 0.380 e. The molecule has 4 heteroatoms. The lowest BCUT2D eigenvalue weighted by Gasteiger charge is -1.81. The van der Waals surface area contributed by atoms with Crippen molar-refractivity contribution in [2.24, 2.45) is 0 Å². The summed E-state index contributed by atoms with van der Waals surface area (Å²) in [5.41, 5.74) is 0. The summed E-state index contributed by atoms with van der Waals surface area (Å²) < 4.78 is 14.3. The number of ether oxygens (including phenoxy) is 1. The van der Waals surface area contributed by atoms with E-state index in [9.17, 15) is 4.57 Å². The van der Waals surface area contributed by atoms with Crippen molar-refractivity contribution in [1.29, 1.82) is 0 Å². The molecule has 0 saturated heterocycles. The third-order valence-electron chi connectivity index (χ3n) is 0.487. The van der Waals surface area contributed by atoms with Crippen LogP contribution in [-0.2, 0) is 9.30 Å². The van der Waals surface area contributed by atoms with Crippen LogP contribution in [0.3, 0.4) is 0 Å². The molecule has 0 heterocycles. The van der Waals surface area contributed by atoms with Crippen LogP contribution in [0, 0.1) is 0 Å². The van der Waals surface area contributed by atoms with Crippen molar-refractivity contribution in [1.82, 2.24) is 0 Å². The van der Waals surface area contributed by atoms with Gasteiger partial charge < -0.3 is 4.74 Å². The van der Waals surface area contributed by atoms with E-state index in [0.29, 0.717) is 6.61 Å². The monoisotopic (exact) mass is 123 g/mol. The van der Waals surface area contributed by atoms with Crippen LogP contribution in [0.2, 0.25) is 0 Å². The van der Waals surface area contributed by atoms with Crippen LogP contribution in [0.5, 0.6) is 0 Å². The Morgan fingerprint density at radius 3 is 2.57 bits per heavy atom. The van der Waals surface area contributed by atoms with Crippen LogP contribution in [-0.4, -0.2) is 24.8 Å². The van der Waals surface area contributed by atoms with Crippen LogP contribution >= 0.6 is 8.03 Å². The highest BCUT2D eigenvalue weighted by Crippen LogP contribution is 2.09. The van der Waals surface area contributed by atoms with Gasteiger partial charge in [-0.25, -0.2) is 0 Å². The van der Waals surface area contributed by atoms with Gasteiger partial charge in [0.2, 0.25) is 6.16 Å². The highest BCUT2D eigenvalue weighted by Gasteiger charge is 2.06. The van der Waals surface area contributed by atoms with Gasteiger partial charge in [0.1, 0.15) is 0 Å². The molecule has 0 aliphatic carbocycles. The third kappa shape index (κ3) is 6.02. The first kappa shape index (κ1) is 7.02. The van der Waals surface area contributed by atoms with Crippen molar-refractivity contribution in [3.63, 3.8) is 0 Å². The average molecular weight is 123 g/mol. The molecule has 0 spiro atoms. The normalized spacial score (nSPS) is 11.4. The Morgan fingerprint density at radius 1 is 1.86 bits per heavy atom. The standard InChI is InChI=1S/C3H7O3P/c1-6-2-3-7(4)5/h2-3H2,1H3/p+1. The highest BCUT2D eigenvalue weighted by molar-refractivity contribution is 7.38. The van der Waals surface area contributed by atoms with Crippen molar-refractivity contribution in [3.05, 3.63) is 0 Å². The molecule has 1 N–H and O–H groups in total. The molecule has 0 rings (SSSR count). The molecule has 0 amide bonds. The molecular weight excluding hydrogens is 115 g/mol. The Morgan fingerprint density at radius 2 is 2.43 bits per heavy atom. The third-order valence-corrected chi connectivity index (χ3v) is 1.05. The lowest BCUT2D eigenvalue weighted by Crippen LogP contribution is -1.89. The zero-order valence-corrected chi connectivity index (χ0v) is 5.02. The van der Waals surface area contributed by atoms with E-state index in [4.69, 9.17) is 4.89 Å². The zero-order chi connectivity index (χ0) is 5.70. The Labute approximate surface area is 43.2 Å². The molecule has 0 aliphatic heterocycles. The quantitative estimate of drug-likeness (QED) is 0.551. The van der Waals surface area contributed by atoms with Gasteiger partial charge in [0.25, 0.3) is 0 Å². The lowest BCUT2D eigenvalue weighted by atomic mass is 10.9. The van der Waals surface area contributed by atoms with Gasteiger partial charge >= 0.3 is 8.03 Å². The van der Waals surface area contributed by atoms with Gasteiger partial charge in [0.15, 0.2) is 0 Å². The molecular formula is C3H8O3P+. The van der Waals surface area contributed by atoms with Crippen molar-refractivity contribution < 1.29 is 14.2 Å². The topological polar surface area (TPSA) is 46.5 Å². The minimum Gasteiger partial charge on any atom is -0.380 e. The SMILES string of the molecule is COCC[P+](=O)O. The summed E-state index contributed by atoms with van der Waals surface area (Å²) in [6.45, 7) is 0.367. The van der Waals surface area contributed by atoms with Crippen molar-refractivity contribution in [2.45, 2.75) is 0 Å². The Kier molecular flexibility index (Phi) is 4.20. The van der Waals surface area contributed by atoms with E-state index in [0.717, 1.165) is 0 Å². The fraction of sp³-hybridized carbons (Fsp3) is 1.00. The maximum atomic E-state index is 9.83. The van der Waals surface area contributed by atoms with Gasteiger partial charge in [-0.15, -0.1) is 0 Å². The molecule has 1 unspecified atom stereocenters. The van der Waals surface area contributed by atoms with Crippen molar-refractivity contribution in [2.75, 3.05) is 19.9 Å². The largest absolute Gasteiger partial charge is 0.507 e. The summed E-state index contributed by atoms with van der Waals surface area (Å²) in [5, 5.41) is 0. The predicted molar refractivity (Wildman–Crippen MR) is 26.6 cm³/mol. The molecule has 0 aliphatic rings. The molecule has 0 saturated carbocycles. The number of rotatable bonds is 3. The Balaban J connectivity index is 2.82. The van der Waals surface area contributed by atoms with E-state index in [-0.39, 0.29) is 6.16 Å². The molecule has 0 aromatic carbocycles. The lowest BCUT2D eigenvalue weighted by molar-refractivity contribution is 0.216. The first-order chi connectivity index (χ1) is 3.27. The van der Waals surface area contributed by atoms with E-state index in [2.05, 4.69) is 4.74 Å². The van der Waals surface area contributed by atoms with Gasteiger partial charge in [0.05, 0.1) is 6.61 Å². The summed E-state index contributed by atoms with van der Waals surface area (Å²) in [5.74, 6) is 0. The second kappa shape index (κ2) is 4.19. The van der Waals surface area contributed by atoms with Gasteiger partial charge in [-0.05, 0) is 4.57 Å². The summed E-state index contributed by atoms with van der Waals surface area (Å²) in [6.07, 6.45) is 0.242. The fourth-order valence-electron chi connectivity index (χ4n) is 0.169. The molecule has 1 atom stereocenters. The van der Waals surface area contributed by atoms with E-state index in [1.54, 1.807) is 0 Å². The predicted octanol–water partition coefficient (Wildman–Crippen LogP) is 0.367. The Bertz CT molecular complexity index is 63.2. The van der Waals surface area contributed by atoms with E-state index >= 15 is 0 Å². The van der Waals surface area contributed by atoms with Gasteiger partial charge in [-0.2, -0.15) is 4.89 Å². The minimum atomic E-state index is -1.98. The second-order valence-corrected chi connectivity index (χ2v) is 2.22. The van der Waals surface area contributed by atoms with E-state index < -0.39 is 8.03 Å². The molecule has 0 aromatic heterocycles. The molecule has 7 heavy (non-hydrogen) atoms. The first-order valence-electron chi connectivity index (χ1n) is 1.90. The number of hydrogen-bond acceptors (Lipinski definition) is 2. The average Bonchev–Trinajstić information content (AvgIpc) is 1.61. The van der Waals surface area contributed by atoms with Crippen molar-refractivity contribution >= 4 is 8.03 Å². The summed E-state index contributed by atoms with van der Waals surface area (Å²) >= 11 is 0. The molecule has 0 fully saturated rings. The molecule has 3 nitrogen and oxygen atoms in total. The van der Waals surface area contributed by atoms with Crippen LogP contribution in [0.25, 0.3) is 0 Å². The van der Waals surface area contributed by atoms with E-state index in [1.807, 2.05) is 0 Å². The van der Waals surface area contributed by atoms with Gasteiger partial charge in [-0.3, -0.25) is 0 Å². The summed E-state index contributed by atoms with van der Waals surface area (Å²) in [7, 11) is -0.483. The van der Waals surface area contributed by atoms with Crippen LogP contribution in [0.4, 0.5) is 0 Å². The molecule has 0 radical (unpaired) electrons. The van der Waals surface area contributed by atoms with Gasteiger partial charge in [-0.1, -0.05) is 0 Å². The summed E-state index contributed by atoms with van der Waals surface area (Å²) in [6, 6.07) is 0. The first-order valence-corrected chi connectivity index (χ1v) is 3.29. The Hall–Kier alpha value is 0.0200. The van der Waals surface area contributed by atoms with Gasteiger partial charge in [0, 0.05) is 7.11 Å². The highest BCUT2D eigenvalue weighted by atomic mass is 31.1. The summed E-state index contributed by atoms with van der Waals surface area (Å²) in [4.78, 5) is 8.11. The second-order valence-electron chi connectivity index (χ2n) is 1.07. The maximum absolute atomic E-state index is 9.83. The van der Waals surface area contributed by atoms with Crippen LogP contribution < -0.4 is 0 Å². The maximum Gasteiger partial charge on any atom is 0.507 e. The van der Waals surface area contributed by atoms with Crippen LogP contribution in [0.1, 0.15) is 0 Å². The molecule has 0 bridgehead atoms. The molecule has 0 aromatic rings. The molecule has 42 valence electrons. The zero-order valence-electron chi connectivity index (χ0n) is 4.13. The number of hydrogen-bond donors (Lipinski definition) is 1. The fourth-order valence-corrected chi connectivity index (χ4v) is 0.508. The van der Waals surface area contributed by atoms with Crippen LogP contribution in [0.15, 0.2) is 0 Å². The van der Waals surface area contributed by atoms with E-state index in [1.165, 1.54) is 7.11 Å². The van der Waals surface area contributed by atoms with Crippen molar-refractivity contribution in [3.8, 4) is 0 Å².